The Morgan fingerprint density at radius 3 is 2.61 bits per heavy atom. The third kappa shape index (κ3) is 4.69. The highest BCUT2D eigenvalue weighted by Gasteiger charge is 2.08. The molecule has 0 aliphatic heterocycles. The number of hydrogen-bond donors (Lipinski definition) is 1. The van der Waals surface area contributed by atoms with Gasteiger partial charge in [-0.05, 0) is 37.4 Å². The molecule has 0 aliphatic carbocycles. The molecule has 0 bridgehead atoms. The maximum Gasteiger partial charge on any atom is 0.0409 e. The number of aryl methyl sites for hydroxylation is 1. The van der Waals surface area contributed by atoms with E-state index in [2.05, 4.69) is 63.2 Å². The molecule has 1 rings (SSSR count). The molecule has 102 valence electrons. The molecule has 0 fully saturated rings. The first-order valence-electron chi connectivity index (χ1n) is 7.06. The van der Waals surface area contributed by atoms with Crippen molar-refractivity contribution in [3.63, 3.8) is 0 Å². The number of rotatable bonds is 7. The van der Waals surface area contributed by atoms with Crippen LogP contribution in [0.4, 0.5) is 5.69 Å². The molecule has 1 aromatic carbocycles. The van der Waals surface area contributed by atoms with Gasteiger partial charge in [-0.15, -0.1) is 0 Å². The maximum atomic E-state index is 3.43. The van der Waals surface area contributed by atoms with E-state index < -0.39 is 0 Å². The lowest BCUT2D eigenvalue weighted by atomic mass is 10.1. The van der Waals surface area contributed by atoms with E-state index in [4.69, 9.17) is 0 Å². The Balaban J connectivity index is 2.78. The Morgan fingerprint density at radius 2 is 2.00 bits per heavy atom. The molecule has 0 aliphatic rings. The third-order valence-electron chi connectivity index (χ3n) is 3.25. The molecule has 0 heterocycles. The van der Waals surface area contributed by atoms with Crippen molar-refractivity contribution in [2.24, 2.45) is 5.92 Å². The maximum absolute atomic E-state index is 3.43. The van der Waals surface area contributed by atoms with Crippen LogP contribution in [0.1, 0.15) is 38.3 Å². The monoisotopic (exact) mass is 248 g/mol. The number of hydrogen-bond acceptors (Lipinski definition) is 2. The Morgan fingerprint density at radius 1 is 1.28 bits per heavy atom. The second-order valence-electron chi connectivity index (χ2n) is 5.52. The van der Waals surface area contributed by atoms with E-state index in [0.717, 1.165) is 25.6 Å². The van der Waals surface area contributed by atoms with Gasteiger partial charge in [0.2, 0.25) is 0 Å². The average molecular weight is 248 g/mol. The van der Waals surface area contributed by atoms with Crippen molar-refractivity contribution in [3.8, 4) is 0 Å². The lowest BCUT2D eigenvalue weighted by Crippen LogP contribution is -2.23. The Kier molecular flexibility index (Phi) is 6.20. The van der Waals surface area contributed by atoms with Gasteiger partial charge < -0.3 is 10.2 Å². The van der Waals surface area contributed by atoms with Crippen LogP contribution in [0, 0.1) is 12.8 Å². The molecule has 18 heavy (non-hydrogen) atoms. The molecule has 0 unspecified atom stereocenters. The normalized spacial score (nSPS) is 11.0. The summed E-state index contributed by atoms with van der Waals surface area (Å²) in [6.45, 7) is 12.0. The zero-order chi connectivity index (χ0) is 13.5. The molecule has 2 nitrogen and oxygen atoms in total. The minimum Gasteiger partial charge on any atom is -0.374 e. The van der Waals surface area contributed by atoms with Crippen LogP contribution >= 0.6 is 0 Å². The summed E-state index contributed by atoms with van der Waals surface area (Å²) in [4.78, 5) is 2.38. The van der Waals surface area contributed by atoms with Crippen LogP contribution in [0.15, 0.2) is 18.2 Å². The molecular formula is C16H28N2. The fraction of sp³-hybridized carbons (Fsp3) is 0.625. The molecular weight excluding hydrogens is 220 g/mol. The van der Waals surface area contributed by atoms with Crippen molar-refractivity contribution in [3.05, 3.63) is 29.3 Å². The molecule has 2 heteroatoms. The second kappa shape index (κ2) is 7.42. The van der Waals surface area contributed by atoms with E-state index in [1.165, 1.54) is 23.2 Å². The molecule has 1 aromatic rings. The van der Waals surface area contributed by atoms with Gasteiger partial charge in [-0.1, -0.05) is 38.5 Å². The van der Waals surface area contributed by atoms with Crippen molar-refractivity contribution in [2.75, 3.05) is 25.0 Å². The standard InChI is InChI=1S/C16H28N2/c1-6-17-12-15-11-14(4)7-8-16(15)18(5)10-9-13(2)3/h7-8,11,13,17H,6,9-10,12H2,1-5H3. The summed E-state index contributed by atoms with van der Waals surface area (Å²) in [7, 11) is 2.20. The molecule has 0 amide bonds. The third-order valence-corrected chi connectivity index (χ3v) is 3.25. The van der Waals surface area contributed by atoms with Gasteiger partial charge in [0.15, 0.2) is 0 Å². The summed E-state index contributed by atoms with van der Waals surface area (Å²) in [5.41, 5.74) is 4.11. The molecule has 1 N–H and O–H groups in total. The van der Waals surface area contributed by atoms with Crippen LogP contribution in [0.25, 0.3) is 0 Å². The zero-order valence-electron chi connectivity index (χ0n) is 12.6. The van der Waals surface area contributed by atoms with Gasteiger partial charge in [-0.3, -0.25) is 0 Å². The van der Waals surface area contributed by atoms with Gasteiger partial charge in [-0.2, -0.15) is 0 Å². The summed E-state index contributed by atoms with van der Waals surface area (Å²) in [5, 5.41) is 3.43. The molecule has 0 spiro atoms. The van der Waals surface area contributed by atoms with Gasteiger partial charge in [0.05, 0.1) is 0 Å². The summed E-state index contributed by atoms with van der Waals surface area (Å²) >= 11 is 0. The smallest absolute Gasteiger partial charge is 0.0409 e. The van der Waals surface area contributed by atoms with Crippen LogP contribution in [-0.4, -0.2) is 20.1 Å². The second-order valence-corrected chi connectivity index (χ2v) is 5.52. The van der Waals surface area contributed by atoms with Gasteiger partial charge in [-0.25, -0.2) is 0 Å². The predicted molar refractivity (Wildman–Crippen MR) is 81.3 cm³/mol. The zero-order valence-corrected chi connectivity index (χ0v) is 12.6. The number of anilines is 1. The summed E-state index contributed by atoms with van der Waals surface area (Å²) in [6.07, 6.45) is 1.24. The minimum atomic E-state index is 0.759. The molecule has 0 aromatic heterocycles. The van der Waals surface area contributed by atoms with Crippen LogP contribution in [0.3, 0.4) is 0 Å². The Hall–Kier alpha value is -1.02. The van der Waals surface area contributed by atoms with Crippen LogP contribution in [0.5, 0.6) is 0 Å². The number of nitrogens with zero attached hydrogens (tertiary/aromatic N) is 1. The molecule has 0 radical (unpaired) electrons. The van der Waals surface area contributed by atoms with E-state index in [0.29, 0.717) is 0 Å². The minimum absolute atomic E-state index is 0.759. The Bertz CT molecular complexity index is 358. The van der Waals surface area contributed by atoms with Gasteiger partial charge in [0.1, 0.15) is 0 Å². The first kappa shape index (κ1) is 15.0. The predicted octanol–water partition coefficient (Wildman–Crippen LogP) is 3.59. The lowest BCUT2D eigenvalue weighted by Gasteiger charge is -2.24. The van der Waals surface area contributed by atoms with Gasteiger partial charge >= 0.3 is 0 Å². The molecule has 0 saturated heterocycles. The average Bonchev–Trinajstić information content (AvgIpc) is 2.33. The van der Waals surface area contributed by atoms with E-state index in [9.17, 15) is 0 Å². The number of benzene rings is 1. The van der Waals surface area contributed by atoms with Gasteiger partial charge in [0, 0.05) is 25.8 Å². The largest absolute Gasteiger partial charge is 0.374 e. The SMILES string of the molecule is CCNCc1cc(C)ccc1N(C)CCC(C)C. The van der Waals surface area contributed by atoms with E-state index in [1.54, 1.807) is 0 Å². The molecule has 0 saturated carbocycles. The molecule has 0 atom stereocenters. The highest BCUT2D eigenvalue weighted by Crippen LogP contribution is 2.21. The van der Waals surface area contributed by atoms with Crippen molar-refractivity contribution < 1.29 is 0 Å². The fourth-order valence-corrected chi connectivity index (χ4v) is 2.06. The highest BCUT2D eigenvalue weighted by atomic mass is 15.1. The van der Waals surface area contributed by atoms with Crippen molar-refractivity contribution >= 4 is 5.69 Å². The van der Waals surface area contributed by atoms with Crippen molar-refractivity contribution in [1.82, 2.24) is 5.32 Å². The van der Waals surface area contributed by atoms with Crippen LogP contribution < -0.4 is 10.2 Å². The fourth-order valence-electron chi connectivity index (χ4n) is 2.06. The number of nitrogens with one attached hydrogen (secondary N) is 1. The van der Waals surface area contributed by atoms with Crippen LogP contribution in [0.2, 0.25) is 0 Å². The Labute approximate surface area is 112 Å². The van der Waals surface area contributed by atoms with Crippen LogP contribution in [-0.2, 0) is 6.54 Å². The van der Waals surface area contributed by atoms with Crippen molar-refractivity contribution in [1.29, 1.82) is 0 Å². The quantitative estimate of drug-likeness (QED) is 0.793. The summed E-state index contributed by atoms with van der Waals surface area (Å²) < 4.78 is 0. The first-order chi connectivity index (χ1) is 8.54. The topological polar surface area (TPSA) is 15.3 Å². The summed E-state index contributed by atoms with van der Waals surface area (Å²) in [6, 6.07) is 6.75. The van der Waals surface area contributed by atoms with E-state index in [1.807, 2.05) is 0 Å². The van der Waals surface area contributed by atoms with E-state index >= 15 is 0 Å². The summed E-state index contributed by atoms with van der Waals surface area (Å²) in [5.74, 6) is 0.759. The van der Waals surface area contributed by atoms with Crippen molar-refractivity contribution in [2.45, 2.75) is 40.7 Å². The first-order valence-corrected chi connectivity index (χ1v) is 7.06. The van der Waals surface area contributed by atoms with Gasteiger partial charge in [0.25, 0.3) is 0 Å². The highest BCUT2D eigenvalue weighted by molar-refractivity contribution is 5.54. The lowest BCUT2D eigenvalue weighted by molar-refractivity contribution is 0.584. The van der Waals surface area contributed by atoms with E-state index in [-0.39, 0.29) is 0 Å².